The molecule has 0 amide bonds. The van der Waals surface area contributed by atoms with Gasteiger partial charge in [-0.1, -0.05) is 6.07 Å². The molecule has 8 nitrogen and oxygen atoms in total. The van der Waals surface area contributed by atoms with Crippen molar-refractivity contribution in [1.82, 2.24) is 19.7 Å². The standard InChI is InChI=1S/C20H17FN6O2/c1-28-15-5-3-4-14(8-15)27-20-17(11-25-27)19(22-12-23-20)26-24-10-13-6-7-16(29-2)9-18(13)21/h3-12H,1-2H3,(H,22,23,26)/b24-10+. The summed E-state index contributed by atoms with van der Waals surface area (Å²) < 4.78 is 26.0. The van der Waals surface area contributed by atoms with E-state index < -0.39 is 5.82 Å². The largest absolute Gasteiger partial charge is 0.497 e. The Bertz CT molecular complexity index is 1190. The van der Waals surface area contributed by atoms with Crippen LogP contribution in [0, 0.1) is 5.82 Å². The first-order chi connectivity index (χ1) is 14.2. The zero-order chi connectivity index (χ0) is 20.2. The summed E-state index contributed by atoms with van der Waals surface area (Å²) in [6.07, 6.45) is 4.42. The molecule has 0 unspecified atom stereocenters. The van der Waals surface area contributed by atoms with E-state index in [4.69, 9.17) is 9.47 Å². The molecular weight excluding hydrogens is 375 g/mol. The Kier molecular flexibility index (Phi) is 5.02. The van der Waals surface area contributed by atoms with Gasteiger partial charge in [0.25, 0.3) is 0 Å². The maximum absolute atomic E-state index is 14.0. The van der Waals surface area contributed by atoms with E-state index in [1.165, 1.54) is 25.7 Å². The maximum atomic E-state index is 14.0. The van der Waals surface area contributed by atoms with Crippen molar-refractivity contribution in [2.24, 2.45) is 5.10 Å². The van der Waals surface area contributed by atoms with E-state index in [0.29, 0.717) is 33.9 Å². The van der Waals surface area contributed by atoms with Crippen molar-refractivity contribution >= 4 is 23.1 Å². The topological polar surface area (TPSA) is 86.5 Å². The van der Waals surface area contributed by atoms with Gasteiger partial charge in [0, 0.05) is 17.7 Å². The van der Waals surface area contributed by atoms with Gasteiger partial charge in [-0.3, -0.25) is 5.43 Å². The molecule has 0 bridgehead atoms. The van der Waals surface area contributed by atoms with Crippen LogP contribution < -0.4 is 14.9 Å². The summed E-state index contributed by atoms with van der Waals surface area (Å²) in [7, 11) is 3.09. The molecule has 0 fully saturated rings. The summed E-state index contributed by atoms with van der Waals surface area (Å²) in [6.45, 7) is 0. The fourth-order valence-electron chi connectivity index (χ4n) is 2.77. The van der Waals surface area contributed by atoms with Crippen molar-refractivity contribution in [3.63, 3.8) is 0 Å². The van der Waals surface area contributed by atoms with Crippen LogP contribution in [0.25, 0.3) is 16.7 Å². The molecule has 0 saturated heterocycles. The van der Waals surface area contributed by atoms with Gasteiger partial charge in [-0.05, 0) is 24.3 Å². The number of nitrogens with one attached hydrogen (secondary N) is 1. The number of anilines is 1. The summed E-state index contributed by atoms with van der Waals surface area (Å²) in [5, 5.41) is 9.15. The third kappa shape index (κ3) is 3.70. The van der Waals surface area contributed by atoms with Gasteiger partial charge >= 0.3 is 0 Å². The highest BCUT2D eigenvalue weighted by Crippen LogP contribution is 2.23. The lowest BCUT2D eigenvalue weighted by Crippen LogP contribution is -2.00. The second-order valence-electron chi connectivity index (χ2n) is 5.97. The van der Waals surface area contributed by atoms with Crippen molar-refractivity contribution in [1.29, 1.82) is 0 Å². The minimum atomic E-state index is -0.437. The Labute approximate surface area is 165 Å². The molecule has 2 heterocycles. The molecular formula is C20H17FN6O2. The average Bonchev–Trinajstić information content (AvgIpc) is 3.20. The van der Waals surface area contributed by atoms with E-state index in [1.54, 1.807) is 30.1 Å². The van der Waals surface area contributed by atoms with Crippen LogP contribution in [-0.2, 0) is 0 Å². The summed E-state index contributed by atoms with van der Waals surface area (Å²) in [4.78, 5) is 8.52. The fourth-order valence-corrected chi connectivity index (χ4v) is 2.77. The number of fused-ring (bicyclic) bond motifs is 1. The van der Waals surface area contributed by atoms with Crippen molar-refractivity contribution in [2.75, 3.05) is 19.6 Å². The van der Waals surface area contributed by atoms with E-state index in [-0.39, 0.29) is 0 Å². The molecule has 0 aliphatic rings. The zero-order valence-corrected chi connectivity index (χ0v) is 15.7. The highest BCUT2D eigenvalue weighted by atomic mass is 19.1. The minimum absolute atomic E-state index is 0.315. The van der Waals surface area contributed by atoms with Crippen LogP contribution in [0.4, 0.5) is 10.2 Å². The van der Waals surface area contributed by atoms with Crippen LogP contribution >= 0.6 is 0 Å². The predicted octanol–water partition coefficient (Wildman–Crippen LogP) is 3.42. The van der Waals surface area contributed by atoms with Crippen molar-refractivity contribution in [2.45, 2.75) is 0 Å². The summed E-state index contributed by atoms with van der Waals surface area (Å²) in [5.74, 6) is 1.17. The molecule has 0 aliphatic heterocycles. The molecule has 4 aromatic rings. The lowest BCUT2D eigenvalue weighted by Gasteiger charge is -2.06. The van der Waals surface area contributed by atoms with Gasteiger partial charge < -0.3 is 9.47 Å². The number of hydrazone groups is 1. The molecule has 9 heteroatoms. The van der Waals surface area contributed by atoms with Gasteiger partial charge in [-0.25, -0.2) is 19.0 Å². The number of aromatic nitrogens is 4. The van der Waals surface area contributed by atoms with Gasteiger partial charge in [-0.15, -0.1) is 0 Å². The van der Waals surface area contributed by atoms with Crippen LogP contribution in [0.5, 0.6) is 11.5 Å². The first-order valence-electron chi connectivity index (χ1n) is 8.65. The Morgan fingerprint density at radius 2 is 1.90 bits per heavy atom. The second kappa shape index (κ2) is 7.93. The van der Waals surface area contributed by atoms with Crippen LogP contribution in [0.1, 0.15) is 5.56 Å². The van der Waals surface area contributed by atoms with Crippen molar-refractivity contribution in [3.8, 4) is 17.2 Å². The number of methoxy groups -OCH3 is 2. The Morgan fingerprint density at radius 1 is 1.07 bits per heavy atom. The molecule has 0 saturated carbocycles. The first kappa shape index (κ1) is 18.4. The van der Waals surface area contributed by atoms with E-state index >= 15 is 0 Å². The summed E-state index contributed by atoms with van der Waals surface area (Å²) in [6, 6.07) is 12.0. The smallest absolute Gasteiger partial charge is 0.168 e. The molecule has 0 atom stereocenters. The third-order valence-electron chi connectivity index (χ3n) is 4.25. The molecule has 0 radical (unpaired) electrons. The maximum Gasteiger partial charge on any atom is 0.168 e. The molecule has 2 aromatic carbocycles. The highest BCUT2D eigenvalue weighted by Gasteiger charge is 2.11. The molecule has 1 N–H and O–H groups in total. The van der Waals surface area contributed by atoms with Gasteiger partial charge in [0.2, 0.25) is 0 Å². The summed E-state index contributed by atoms with van der Waals surface area (Å²) in [5.41, 5.74) is 4.53. The van der Waals surface area contributed by atoms with Crippen molar-refractivity contribution in [3.05, 3.63) is 66.4 Å². The first-order valence-corrected chi connectivity index (χ1v) is 8.65. The van der Waals surface area contributed by atoms with Crippen LogP contribution in [0.15, 0.2) is 60.1 Å². The zero-order valence-electron chi connectivity index (χ0n) is 15.7. The van der Waals surface area contributed by atoms with Crippen molar-refractivity contribution < 1.29 is 13.9 Å². The molecule has 29 heavy (non-hydrogen) atoms. The molecule has 2 aromatic heterocycles. The van der Waals surface area contributed by atoms with Crippen LogP contribution in [0.3, 0.4) is 0 Å². The number of rotatable bonds is 6. The minimum Gasteiger partial charge on any atom is -0.497 e. The number of ether oxygens (including phenoxy) is 2. The van der Waals surface area contributed by atoms with Gasteiger partial charge in [0.1, 0.15) is 23.6 Å². The van der Waals surface area contributed by atoms with Crippen LogP contribution in [-0.4, -0.2) is 40.2 Å². The third-order valence-corrected chi connectivity index (χ3v) is 4.25. The number of benzene rings is 2. The number of nitrogens with zero attached hydrogens (tertiary/aromatic N) is 5. The SMILES string of the molecule is COc1cccc(-n2ncc3c(N/N=C/c4ccc(OC)cc4F)ncnc32)c1. The van der Waals surface area contributed by atoms with E-state index in [1.807, 2.05) is 24.3 Å². The van der Waals surface area contributed by atoms with Gasteiger partial charge in [-0.2, -0.15) is 10.2 Å². The molecule has 0 aliphatic carbocycles. The van der Waals surface area contributed by atoms with E-state index in [0.717, 1.165) is 5.69 Å². The normalized spacial score (nSPS) is 11.1. The quantitative estimate of drug-likeness (QED) is 0.400. The molecule has 0 spiro atoms. The lowest BCUT2D eigenvalue weighted by molar-refractivity contribution is 0.411. The van der Waals surface area contributed by atoms with E-state index in [2.05, 4.69) is 25.6 Å². The highest BCUT2D eigenvalue weighted by molar-refractivity contribution is 5.88. The number of hydrogen-bond acceptors (Lipinski definition) is 7. The van der Waals surface area contributed by atoms with Gasteiger partial charge in [0.15, 0.2) is 11.5 Å². The summed E-state index contributed by atoms with van der Waals surface area (Å²) >= 11 is 0. The van der Waals surface area contributed by atoms with Gasteiger partial charge in [0.05, 0.1) is 37.7 Å². The predicted molar refractivity (Wildman–Crippen MR) is 107 cm³/mol. The Hall–Kier alpha value is -4.01. The number of halogens is 1. The van der Waals surface area contributed by atoms with E-state index in [9.17, 15) is 4.39 Å². The second-order valence-corrected chi connectivity index (χ2v) is 5.97. The Morgan fingerprint density at radius 3 is 2.69 bits per heavy atom. The number of hydrogen-bond donors (Lipinski definition) is 1. The molecule has 4 rings (SSSR count). The molecule has 146 valence electrons. The fraction of sp³-hybridized carbons (Fsp3) is 0.100. The Balaban J connectivity index is 1.61. The average molecular weight is 392 g/mol. The monoisotopic (exact) mass is 392 g/mol. The van der Waals surface area contributed by atoms with Crippen LogP contribution in [0.2, 0.25) is 0 Å². The lowest BCUT2D eigenvalue weighted by atomic mass is 10.2.